The fourth-order valence-electron chi connectivity index (χ4n) is 1.76. The third-order valence-corrected chi connectivity index (χ3v) is 2.56. The molecule has 0 bridgehead atoms. The highest BCUT2D eigenvalue weighted by Crippen LogP contribution is 2.20. The molecule has 3 rings (SSSR count). The molecule has 0 atom stereocenters. The lowest BCUT2D eigenvalue weighted by Gasteiger charge is -2.02. The summed E-state index contributed by atoms with van der Waals surface area (Å²) in [5.74, 6) is 5.95. The standard InChI is InChI=1S/C15H8O2/c16-15-8-7-13-9-11-5-3-1-2-4-6-12(11)10-14(13)17-15/h1-3,5,7-10H. The van der Waals surface area contributed by atoms with Crippen LogP contribution in [0.4, 0.5) is 0 Å². The Kier molecular flexibility index (Phi) is 2.16. The van der Waals surface area contributed by atoms with Crippen molar-refractivity contribution in [2.24, 2.45) is 0 Å². The van der Waals surface area contributed by atoms with Gasteiger partial charge in [0.1, 0.15) is 5.58 Å². The molecular weight excluding hydrogens is 212 g/mol. The topological polar surface area (TPSA) is 30.2 Å². The van der Waals surface area contributed by atoms with Gasteiger partial charge in [0.05, 0.1) is 0 Å². The van der Waals surface area contributed by atoms with Crippen LogP contribution < -0.4 is 5.63 Å². The molecule has 17 heavy (non-hydrogen) atoms. The highest BCUT2D eigenvalue weighted by Gasteiger charge is 2.03. The number of allylic oxidation sites excluding steroid dienone is 3. The summed E-state index contributed by atoms with van der Waals surface area (Å²) in [5.41, 5.74) is 2.13. The minimum Gasteiger partial charge on any atom is -0.423 e. The summed E-state index contributed by atoms with van der Waals surface area (Å²) in [7, 11) is 0. The molecule has 1 aliphatic rings. The summed E-state index contributed by atoms with van der Waals surface area (Å²) in [6.07, 6.45) is 7.61. The number of rotatable bonds is 0. The fraction of sp³-hybridized carbons (Fsp3) is 0. The zero-order valence-corrected chi connectivity index (χ0v) is 8.94. The molecule has 0 radical (unpaired) electrons. The average molecular weight is 220 g/mol. The maximum atomic E-state index is 11.1. The van der Waals surface area contributed by atoms with Gasteiger partial charge in [0.2, 0.25) is 0 Å². The van der Waals surface area contributed by atoms with Crippen LogP contribution in [0.1, 0.15) is 11.1 Å². The minimum absolute atomic E-state index is 0.341. The molecule has 0 N–H and O–H groups in total. The van der Waals surface area contributed by atoms with Gasteiger partial charge in [0, 0.05) is 17.0 Å². The van der Waals surface area contributed by atoms with Crippen LogP contribution in [0.15, 0.2) is 51.7 Å². The number of fused-ring (bicyclic) bond motifs is 2. The summed E-state index contributed by atoms with van der Waals surface area (Å²) >= 11 is 0. The van der Waals surface area contributed by atoms with Gasteiger partial charge in [-0.05, 0) is 29.8 Å². The quantitative estimate of drug-likeness (QED) is 0.504. The molecule has 0 saturated heterocycles. The van der Waals surface area contributed by atoms with Gasteiger partial charge in [-0.1, -0.05) is 30.1 Å². The second kappa shape index (κ2) is 3.80. The second-order valence-electron chi connectivity index (χ2n) is 3.72. The van der Waals surface area contributed by atoms with E-state index in [1.807, 2.05) is 30.4 Å². The first kappa shape index (κ1) is 9.68. The van der Waals surface area contributed by atoms with Crippen molar-refractivity contribution in [3.8, 4) is 11.8 Å². The Bertz CT molecular complexity index is 765. The van der Waals surface area contributed by atoms with E-state index in [1.165, 1.54) is 6.07 Å². The fourth-order valence-corrected chi connectivity index (χ4v) is 1.76. The molecule has 0 spiro atoms. The van der Waals surface area contributed by atoms with Crippen molar-refractivity contribution in [3.63, 3.8) is 0 Å². The van der Waals surface area contributed by atoms with E-state index in [2.05, 4.69) is 11.8 Å². The summed E-state index contributed by atoms with van der Waals surface area (Å²) in [5, 5.41) is 0.902. The van der Waals surface area contributed by atoms with Crippen LogP contribution in [0.25, 0.3) is 17.0 Å². The molecule has 80 valence electrons. The molecular formula is C15H8O2. The molecule has 1 aromatic heterocycles. The SMILES string of the molecule is O=c1ccc2cc3c(cc2o1)C#CC=CC=C3. The Balaban J connectivity index is 2.36. The molecule has 1 heterocycles. The zero-order valence-electron chi connectivity index (χ0n) is 8.94. The molecule has 0 aliphatic heterocycles. The third-order valence-electron chi connectivity index (χ3n) is 2.56. The second-order valence-corrected chi connectivity index (χ2v) is 3.72. The molecule has 2 heteroatoms. The Hall–Kier alpha value is -2.53. The molecule has 1 aliphatic carbocycles. The van der Waals surface area contributed by atoms with Gasteiger partial charge in [-0.3, -0.25) is 0 Å². The van der Waals surface area contributed by atoms with Crippen molar-refractivity contribution in [1.29, 1.82) is 0 Å². The highest BCUT2D eigenvalue weighted by atomic mass is 16.4. The predicted molar refractivity (Wildman–Crippen MR) is 67.5 cm³/mol. The highest BCUT2D eigenvalue weighted by molar-refractivity contribution is 5.82. The van der Waals surface area contributed by atoms with Gasteiger partial charge in [-0.15, -0.1) is 0 Å². The molecule has 0 unspecified atom stereocenters. The molecule has 2 nitrogen and oxygen atoms in total. The Morgan fingerprint density at radius 2 is 2.06 bits per heavy atom. The van der Waals surface area contributed by atoms with Crippen LogP contribution in [-0.4, -0.2) is 0 Å². The normalized spacial score (nSPS) is 12.5. The molecule has 0 saturated carbocycles. The van der Waals surface area contributed by atoms with E-state index < -0.39 is 0 Å². The smallest absolute Gasteiger partial charge is 0.336 e. The van der Waals surface area contributed by atoms with Gasteiger partial charge in [0.25, 0.3) is 0 Å². The first-order valence-electron chi connectivity index (χ1n) is 5.26. The van der Waals surface area contributed by atoms with E-state index in [9.17, 15) is 4.79 Å². The predicted octanol–water partition coefficient (Wildman–Crippen LogP) is 2.73. The maximum absolute atomic E-state index is 11.1. The van der Waals surface area contributed by atoms with Crippen molar-refractivity contribution in [1.82, 2.24) is 0 Å². The minimum atomic E-state index is -0.341. The van der Waals surface area contributed by atoms with Crippen LogP contribution >= 0.6 is 0 Å². The largest absolute Gasteiger partial charge is 0.423 e. The van der Waals surface area contributed by atoms with Gasteiger partial charge in [0.15, 0.2) is 0 Å². The van der Waals surface area contributed by atoms with Gasteiger partial charge < -0.3 is 4.42 Å². The number of benzene rings is 1. The van der Waals surface area contributed by atoms with Gasteiger partial charge in [-0.2, -0.15) is 0 Å². The third kappa shape index (κ3) is 1.79. The monoisotopic (exact) mass is 220 g/mol. The van der Waals surface area contributed by atoms with E-state index in [4.69, 9.17) is 4.42 Å². The lowest BCUT2D eigenvalue weighted by atomic mass is 10.0. The lowest BCUT2D eigenvalue weighted by Crippen LogP contribution is -1.95. The first-order chi connectivity index (χ1) is 8.33. The number of hydrogen-bond acceptors (Lipinski definition) is 2. The van der Waals surface area contributed by atoms with E-state index in [1.54, 1.807) is 12.1 Å². The van der Waals surface area contributed by atoms with Crippen LogP contribution in [0, 0.1) is 11.8 Å². The molecule has 0 amide bonds. The molecule has 2 aromatic rings. The lowest BCUT2D eigenvalue weighted by molar-refractivity contribution is 0.561. The average Bonchev–Trinajstić information content (AvgIpc) is 2.29. The maximum Gasteiger partial charge on any atom is 0.336 e. The van der Waals surface area contributed by atoms with Crippen LogP contribution in [0.2, 0.25) is 0 Å². The van der Waals surface area contributed by atoms with Crippen LogP contribution in [0.3, 0.4) is 0 Å². The summed E-state index contributed by atoms with van der Waals surface area (Å²) in [6, 6.07) is 6.96. The Labute approximate surface area is 97.9 Å². The zero-order chi connectivity index (χ0) is 11.7. The van der Waals surface area contributed by atoms with Crippen molar-refractivity contribution in [2.75, 3.05) is 0 Å². The van der Waals surface area contributed by atoms with Crippen molar-refractivity contribution in [3.05, 3.63) is 64.0 Å². The van der Waals surface area contributed by atoms with E-state index in [0.29, 0.717) is 5.58 Å². The molecule has 0 fully saturated rings. The Morgan fingerprint density at radius 3 is 3.00 bits per heavy atom. The summed E-state index contributed by atoms with van der Waals surface area (Å²) < 4.78 is 5.13. The summed E-state index contributed by atoms with van der Waals surface area (Å²) in [4.78, 5) is 11.1. The Morgan fingerprint density at radius 1 is 1.12 bits per heavy atom. The van der Waals surface area contributed by atoms with E-state index in [0.717, 1.165) is 16.5 Å². The first-order valence-corrected chi connectivity index (χ1v) is 5.26. The van der Waals surface area contributed by atoms with Gasteiger partial charge >= 0.3 is 5.63 Å². The van der Waals surface area contributed by atoms with Crippen molar-refractivity contribution >= 4 is 17.0 Å². The van der Waals surface area contributed by atoms with E-state index in [-0.39, 0.29) is 5.63 Å². The van der Waals surface area contributed by atoms with Crippen molar-refractivity contribution < 1.29 is 4.42 Å². The summed E-state index contributed by atoms with van der Waals surface area (Å²) in [6.45, 7) is 0. The van der Waals surface area contributed by atoms with Crippen LogP contribution in [0.5, 0.6) is 0 Å². The van der Waals surface area contributed by atoms with Crippen LogP contribution in [-0.2, 0) is 0 Å². The number of hydrogen-bond donors (Lipinski definition) is 0. The van der Waals surface area contributed by atoms with E-state index >= 15 is 0 Å². The molecule has 1 aromatic carbocycles. The van der Waals surface area contributed by atoms with Crippen molar-refractivity contribution in [2.45, 2.75) is 0 Å². The van der Waals surface area contributed by atoms with Gasteiger partial charge in [-0.25, -0.2) is 4.79 Å².